The van der Waals surface area contributed by atoms with E-state index in [0.29, 0.717) is 35.0 Å². The van der Waals surface area contributed by atoms with Crippen LogP contribution in [0.1, 0.15) is 29.8 Å². The van der Waals surface area contributed by atoms with Crippen molar-refractivity contribution in [2.75, 3.05) is 19.0 Å². The van der Waals surface area contributed by atoms with Crippen molar-refractivity contribution in [1.82, 2.24) is 5.32 Å². The molecule has 2 aromatic rings. The number of rotatable bonds is 6. The van der Waals surface area contributed by atoms with E-state index in [1.54, 1.807) is 55.6 Å². The van der Waals surface area contributed by atoms with Gasteiger partial charge in [-0.2, -0.15) is 0 Å². The van der Waals surface area contributed by atoms with Crippen molar-refractivity contribution in [2.45, 2.75) is 13.8 Å². The van der Waals surface area contributed by atoms with Crippen LogP contribution in [0.15, 0.2) is 48.5 Å². The summed E-state index contributed by atoms with van der Waals surface area (Å²) >= 11 is 0. The molecule has 0 bridgehead atoms. The number of nitrogens with one attached hydrogen (secondary N) is 2. The fraction of sp³-hybridized carbons (Fsp3) is 0.263. The zero-order chi connectivity index (χ0) is 17.5. The van der Waals surface area contributed by atoms with Gasteiger partial charge in [0.25, 0.3) is 0 Å². The molecule has 2 amide bonds. The Morgan fingerprint density at radius 1 is 1.04 bits per heavy atom. The monoisotopic (exact) mass is 326 g/mol. The van der Waals surface area contributed by atoms with Crippen LogP contribution < -0.4 is 15.4 Å². The Morgan fingerprint density at radius 3 is 2.33 bits per heavy atom. The second kappa shape index (κ2) is 8.15. The molecule has 0 saturated carbocycles. The molecule has 0 heterocycles. The third-order valence-corrected chi connectivity index (χ3v) is 3.44. The largest absolute Gasteiger partial charge is 0.497 e. The van der Waals surface area contributed by atoms with Gasteiger partial charge < -0.3 is 15.4 Å². The number of benzene rings is 2. The Kier molecular flexibility index (Phi) is 5.95. The first-order valence-electron chi connectivity index (χ1n) is 7.84. The van der Waals surface area contributed by atoms with Crippen molar-refractivity contribution in [3.63, 3.8) is 0 Å². The standard InChI is InChI=1S/C19H22N2O3/c1-13(2)12-20-19(23)21-17-7-5-4-6-16(17)18(22)14-8-10-15(24-3)11-9-14/h4-11,13H,12H2,1-3H3,(H2,20,21,23). The van der Waals surface area contributed by atoms with Crippen LogP contribution in [0.3, 0.4) is 0 Å². The zero-order valence-electron chi connectivity index (χ0n) is 14.1. The smallest absolute Gasteiger partial charge is 0.319 e. The van der Waals surface area contributed by atoms with Crippen LogP contribution in [0.2, 0.25) is 0 Å². The molecule has 0 aliphatic rings. The third-order valence-electron chi connectivity index (χ3n) is 3.44. The number of methoxy groups -OCH3 is 1. The lowest BCUT2D eigenvalue weighted by atomic mass is 10.0. The maximum absolute atomic E-state index is 12.7. The lowest BCUT2D eigenvalue weighted by molar-refractivity contribution is 0.103. The molecule has 5 nitrogen and oxygen atoms in total. The van der Waals surface area contributed by atoms with Gasteiger partial charge in [0.05, 0.1) is 12.8 Å². The molecule has 0 fully saturated rings. The molecule has 24 heavy (non-hydrogen) atoms. The summed E-state index contributed by atoms with van der Waals surface area (Å²) in [4.78, 5) is 24.7. The lowest BCUT2D eigenvalue weighted by Gasteiger charge is -2.12. The Morgan fingerprint density at radius 2 is 1.71 bits per heavy atom. The van der Waals surface area contributed by atoms with E-state index in [9.17, 15) is 9.59 Å². The fourth-order valence-corrected chi connectivity index (χ4v) is 2.15. The number of hydrogen-bond acceptors (Lipinski definition) is 3. The number of carbonyl (C=O) groups excluding carboxylic acids is 2. The highest BCUT2D eigenvalue weighted by atomic mass is 16.5. The lowest BCUT2D eigenvalue weighted by Crippen LogP contribution is -2.32. The predicted molar refractivity (Wildman–Crippen MR) is 94.7 cm³/mol. The molecular formula is C19H22N2O3. The molecule has 2 N–H and O–H groups in total. The van der Waals surface area contributed by atoms with Gasteiger partial charge in [-0.25, -0.2) is 4.79 Å². The molecule has 0 aliphatic heterocycles. The average molecular weight is 326 g/mol. The highest BCUT2D eigenvalue weighted by Crippen LogP contribution is 2.21. The number of para-hydroxylation sites is 1. The van der Waals surface area contributed by atoms with E-state index in [-0.39, 0.29) is 11.8 Å². The van der Waals surface area contributed by atoms with Crippen molar-refractivity contribution < 1.29 is 14.3 Å². The van der Waals surface area contributed by atoms with Gasteiger partial charge in [0.2, 0.25) is 0 Å². The first kappa shape index (κ1) is 17.5. The van der Waals surface area contributed by atoms with E-state index >= 15 is 0 Å². The predicted octanol–water partition coefficient (Wildman–Crippen LogP) is 3.70. The first-order chi connectivity index (χ1) is 11.5. The number of amides is 2. The number of carbonyl (C=O) groups is 2. The minimum Gasteiger partial charge on any atom is -0.497 e. The molecule has 0 radical (unpaired) electrons. The van der Waals surface area contributed by atoms with Gasteiger partial charge in [-0.05, 0) is 42.3 Å². The highest BCUT2D eigenvalue weighted by Gasteiger charge is 2.15. The van der Waals surface area contributed by atoms with Crippen molar-refractivity contribution in [3.8, 4) is 5.75 Å². The molecule has 0 aliphatic carbocycles. The van der Waals surface area contributed by atoms with Gasteiger partial charge in [0.1, 0.15) is 5.75 Å². The minimum atomic E-state index is -0.321. The topological polar surface area (TPSA) is 67.4 Å². The first-order valence-corrected chi connectivity index (χ1v) is 7.84. The van der Waals surface area contributed by atoms with Crippen LogP contribution in [-0.2, 0) is 0 Å². The Balaban J connectivity index is 2.17. The van der Waals surface area contributed by atoms with Crippen LogP contribution in [0, 0.1) is 5.92 Å². The summed E-state index contributed by atoms with van der Waals surface area (Å²) < 4.78 is 5.10. The molecule has 5 heteroatoms. The summed E-state index contributed by atoms with van der Waals surface area (Å²) in [5.41, 5.74) is 1.47. The number of urea groups is 1. The van der Waals surface area contributed by atoms with E-state index in [2.05, 4.69) is 10.6 Å². The molecule has 0 spiro atoms. The summed E-state index contributed by atoms with van der Waals surface area (Å²) in [5.74, 6) is 0.885. The zero-order valence-corrected chi connectivity index (χ0v) is 14.1. The summed E-state index contributed by atoms with van der Waals surface area (Å²) in [5, 5.41) is 5.52. The maximum atomic E-state index is 12.7. The molecule has 126 valence electrons. The van der Waals surface area contributed by atoms with E-state index < -0.39 is 0 Å². The summed E-state index contributed by atoms with van der Waals surface area (Å²) in [6.45, 7) is 4.60. The number of anilines is 1. The fourth-order valence-electron chi connectivity index (χ4n) is 2.15. The third kappa shape index (κ3) is 4.59. The van der Waals surface area contributed by atoms with Crippen LogP contribution in [-0.4, -0.2) is 25.5 Å². The van der Waals surface area contributed by atoms with Gasteiger partial charge in [-0.1, -0.05) is 26.0 Å². The molecule has 0 saturated heterocycles. The molecular weight excluding hydrogens is 304 g/mol. The van der Waals surface area contributed by atoms with Gasteiger partial charge in [0, 0.05) is 17.7 Å². The molecule has 2 aromatic carbocycles. The Bertz CT molecular complexity index is 709. The number of ether oxygens (including phenoxy) is 1. The second-order valence-electron chi connectivity index (χ2n) is 5.83. The van der Waals surface area contributed by atoms with Crippen molar-refractivity contribution in [3.05, 3.63) is 59.7 Å². The Labute approximate surface area is 142 Å². The summed E-state index contributed by atoms with van der Waals surface area (Å²) in [6.07, 6.45) is 0. The van der Waals surface area contributed by atoms with Gasteiger partial charge in [-0.15, -0.1) is 0 Å². The molecule has 0 atom stereocenters. The summed E-state index contributed by atoms with van der Waals surface area (Å²) in [7, 11) is 1.58. The summed E-state index contributed by atoms with van der Waals surface area (Å²) in [6, 6.07) is 13.5. The SMILES string of the molecule is COc1ccc(C(=O)c2ccccc2NC(=O)NCC(C)C)cc1. The van der Waals surface area contributed by atoms with Crippen LogP contribution in [0.5, 0.6) is 5.75 Å². The van der Waals surface area contributed by atoms with Gasteiger partial charge in [0.15, 0.2) is 5.78 Å². The van der Waals surface area contributed by atoms with E-state index in [4.69, 9.17) is 4.74 Å². The average Bonchev–Trinajstić information content (AvgIpc) is 2.60. The van der Waals surface area contributed by atoms with Gasteiger partial charge >= 0.3 is 6.03 Å². The van der Waals surface area contributed by atoms with Crippen molar-refractivity contribution in [2.24, 2.45) is 5.92 Å². The van der Waals surface area contributed by atoms with Crippen molar-refractivity contribution >= 4 is 17.5 Å². The van der Waals surface area contributed by atoms with E-state index in [1.807, 2.05) is 13.8 Å². The molecule has 0 unspecified atom stereocenters. The second-order valence-corrected chi connectivity index (χ2v) is 5.83. The maximum Gasteiger partial charge on any atom is 0.319 e. The molecule has 2 rings (SSSR count). The van der Waals surface area contributed by atoms with Crippen LogP contribution in [0.25, 0.3) is 0 Å². The van der Waals surface area contributed by atoms with E-state index in [0.717, 1.165) is 0 Å². The van der Waals surface area contributed by atoms with E-state index in [1.165, 1.54) is 0 Å². The van der Waals surface area contributed by atoms with Crippen LogP contribution in [0.4, 0.5) is 10.5 Å². The minimum absolute atomic E-state index is 0.155. The molecule has 0 aromatic heterocycles. The van der Waals surface area contributed by atoms with Gasteiger partial charge in [-0.3, -0.25) is 4.79 Å². The normalized spacial score (nSPS) is 10.3. The Hall–Kier alpha value is -2.82. The van der Waals surface area contributed by atoms with Crippen molar-refractivity contribution in [1.29, 1.82) is 0 Å². The number of hydrogen-bond donors (Lipinski definition) is 2. The number of ketones is 1. The quantitative estimate of drug-likeness (QED) is 0.795. The van der Waals surface area contributed by atoms with Crippen LogP contribution >= 0.6 is 0 Å². The highest BCUT2D eigenvalue weighted by molar-refractivity contribution is 6.13.